The predicted octanol–water partition coefficient (Wildman–Crippen LogP) is -0.125. The number of aromatic nitrogens is 2. The summed E-state index contributed by atoms with van der Waals surface area (Å²) in [6.45, 7) is 1.57. The van der Waals surface area contributed by atoms with Crippen LogP contribution in [-0.2, 0) is 16.1 Å². The average Bonchev–Trinajstić information content (AvgIpc) is 2.01. The Morgan fingerprint density at radius 1 is 1.71 bits per heavy atom. The highest BCUT2D eigenvalue weighted by molar-refractivity contribution is 5.86. The van der Waals surface area contributed by atoms with Gasteiger partial charge in [0.15, 0.2) is 0 Å². The SMILES string of the molecule is COCc1cc(=O)[nH]c(NC(C)=O)n1. The summed E-state index contributed by atoms with van der Waals surface area (Å²) in [6, 6.07) is 1.31. The first-order chi connectivity index (χ1) is 6.61. The summed E-state index contributed by atoms with van der Waals surface area (Å²) in [5.41, 5.74) is 0.149. The van der Waals surface area contributed by atoms with Gasteiger partial charge in [0.25, 0.3) is 5.56 Å². The van der Waals surface area contributed by atoms with Crippen molar-refractivity contribution >= 4 is 11.9 Å². The van der Waals surface area contributed by atoms with Gasteiger partial charge in [-0.15, -0.1) is 0 Å². The fourth-order valence-corrected chi connectivity index (χ4v) is 0.956. The molecule has 6 heteroatoms. The number of amides is 1. The monoisotopic (exact) mass is 197 g/mol. The Labute approximate surface area is 80.3 Å². The Bertz CT molecular complexity index is 386. The highest BCUT2D eigenvalue weighted by atomic mass is 16.5. The van der Waals surface area contributed by atoms with Crippen LogP contribution >= 0.6 is 0 Å². The molecule has 6 nitrogen and oxygen atoms in total. The highest BCUT2D eigenvalue weighted by Gasteiger charge is 2.01. The Hall–Kier alpha value is -1.69. The van der Waals surface area contributed by atoms with Crippen LogP contribution in [0.2, 0.25) is 0 Å². The average molecular weight is 197 g/mol. The number of methoxy groups -OCH3 is 1. The molecule has 0 saturated heterocycles. The van der Waals surface area contributed by atoms with Gasteiger partial charge in [0.1, 0.15) is 0 Å². The molecule has 0 fully saturated rings. The van der Waals surface area contributed by atoms with Crippen molar-refractivity contribution < 1.29 is 9.53 Å². The number of aromatic amines is 1. The number of carbonyl (C=O) groups is 1. The van der Waals surface area contributed by atoms with Gasteiger partial charge >= 0.3 is 0 Å². The van der Waals surface area contributed by atoms with Crippen molar-refractivity contribution in [3.8, 4) is 0 Å². The molecule has 0 radical (unpaired) electrons. The van der Waals surface area contributed by atoms with Gasteiger partial charge in [-0.3, -0.25) is 19.9 Å². The van der Waals surface area contributed by atoms with E-state index in [9.17, 15) is 9.59 Å². The molecule has 2 N–H and O–H groups in total. The topological polar surface area (TPSA) is 84.1 Å². The molecular formula is C8H11N3O3. The minimum Gasteiger partial charge on any atom is -0.378 e. The van der Waals surface area contributed by atoms with Gasteiger partial charge < -0.3 is 4.74 Å². The predicted molar refractivity (Wildman–Crippen MR) is 49.9 cm³/mol. The lowest BCUT2D eigenvalue weighted by molar-refractivity contribution is -0.114. The third-order valence-corrected chi connectivity index (χ3v) is 1.38. The van der Waals surface area contributed by atoms with Crippen LogP contribution in [0.4, 0.5) is 5.95 Å². The minimum absolute atomic E-state index is 0.136. The van der Waals surface area contributed by atoms with Crippen LogP contribution in [-0.4, -0.2) is 23.0 Å². The van der Waals surface area contributed by atoms with Crippen LogP contribution in [0.25, 0.3) is 0 Å². The maximum Gasteiger partial charge on any atom is 0.252 e. The summed E-state index contributed by atoms with van der Waals surface area (Å²) in [6.07, 6.45) is 0. The molecule has 0 unspecified atom stereocenters. The standard InChI is InChI=1S/C8H11N3O3/c1-5(12)9-8-10-6(4-14-2)3-7(13)11-8/h3H,4H2,1-2H3,(H2,9,10,11,12,13). The van der Waals surface area contributed by atoms with Gasteiger partial charge in [0, 0.05) is 20.1 Å². The summed E-state index contributed by atoms with van der Waals surface area (Å²) in [5.74, 6) is -0.153. The normalized spacial score (nSPS) is 9.86. The van der Waals surface area contributed by atoms with Crippen LogP contribution in [0, 0.1) is 0 Å². The van der Waals surface area contributed by atoms with Crippen molar-refractivity contribution in [2.75, 3.05) is 12.4 Å². The summed E-state index contributed by atoms with van der Waals surface area (Å²) < 4.78 is 4.81. The number of hydrogen-bond donors (Lipinski definition) is 2. The lowest BCUT2D eigenvalue weighted by atomic mass is 10.4. The molecule has 0 atom stereocenters. The Kier molecular flexibility index (Phi) is 3.35. The van der Waals surface area contributed by atoms with E-state index in [0.717, 1.165) is 0 Å². The van der Waals surface area contributed by atoms with Gasteiger partial charge in [-0.05, 0) is 0 Å². The molecular weight excluding hydrogens is 186 g/mol. The Morgan fingerprint density at radius 2 is 2.43 bits per heavy atom. The molecule has 0 aliphatic carbocycles. The second kappa shape index (κ2) is 4.52. The van der Waals surface area contributed by atoms with Crippen molar-refractivity contribution in [2.24, 2.45) is 0 Å². The van der Waals surface area contributed by atoms with E-state index in [1.165, 1.54) is 20.1 Å². The summed E-state index contributed by atoms with van der Waals surface area (Å²) in [7, 11) is 1.50. The van der Waals surface area contributed by atoms with E-state index < -0.39 is 0 Å². The third-order valence-electron chi connectivity index (χ3n) is 1.38. The van der Waals surface area contributed by atoms with E-state index in [4.69, 9.17) is 4.74 Å². The Balaban J connectivity index is 2.94. The van der Waals surface area contributed by atoms with E-state index >= 15 is 0 Å². The largest absolute Gasteiger partial charge is 0.378 e. The van der Waals surface area contributed by atoms with Crippen LogP contribution in [0.1, 0.15) is 12.6 Å². The first-order valence-corrected chi connectivity index (χ1v) is 3.98. The van der Waals surface area contributed by atoms with Crippen LogP contribution in [0.3, 0.4) is 0 Å². The fraction of sp³-hybridized carbons (Fsp3) is 0.375. The number of hydrogen-bond acceptors (Lipinski definition) is 4. The molecule has 1 heterocycles. The molecule has 0 saturated carbocycles. The van der Waals surface area contributed by atoms with Crippen LogP contribution in [0.5, 0.6) is 0 Å². The molecule has 0 aromatic carbocycles. The second-order valence-electron chi connectivity index (χ2n) is 2.70. The van der Waals surface area contributed by atoms with Crippen molar-refractivity contribution in [3.05, 3.63) is 22.1 Å². The van der Waals surface area contributed by atoms with E-state index in [2.05, 4.69) is 15.3 Å². The molecule has 14 heavy (non-hydrogen) atoms. The summed E-state index contributed by atoms with van der Waals surface area (Å²) >= 11 is 0. The summed E-state index contributed by atoms with van der Waals surface area (Å²) in [4.78, 5) is 28.1. The number of anilines is 1. The number of rotatable bonds is 3. The third kappa shape index (κ3) is 2.98. The second-order valence-corrected chi connectivity index (χ2v) is 2.70. The lowest BCUT2D eigenvalue weighted by Gasteiger charge is -2.02. The zero-order valence-electron chi connectivity index (χ0n) is 7.96. The number of nitrogens with one attached hydrogen (secondary N) is 2. The van der Waals surface area contributed by atoms with Gasteiger partial charge in [-0.2, -0.15) is 0 Å². The smallest absolute Gasteiger partial charge is 0.252 e. The van der Waals surface area contributed by atoms with Crippen LogP contribution in [0.15, 0.2) is 10.9 Å². The minimum atomic E-state index is -0.323. The maximum atomic E-state index is 11.1. The van der Waals surface area contributed by atoms with Gasteiger partial charge in [0.2, 0.25) is 11.9 Å². The number of H-pyrrole nitrogens is 1. The van der Waals surface area contributed by atoms with E-state index in [-0.39, 0.29) is 24.0 Å². The molecule has 0 aliphatic heterocycles. The van der Waals surface area contributed by atoms with Crippen molar-refractivity contribution in [1.29, 1.82) is 0 Å². The first-order valence-electron chi connectivity index (χ1n) is 3.98. The quantitative estimate of drug-likeness (QED) is 0.707. The van der Waals surface area contributed by atoms with Gasteiger partial charge in [0.05, 0.1) is 12.3 Å². The fourth-order valence-electron chi connectivity index (χ4n) is 0.956. The van der Waals surface area contributed by atoms with E-state index in [1.54, 1.807) is 0 Å². The molecule has 76 valence electrons. The van der Waals surface area contributed by atoms with E-state index in [0.29, 0.717) is 5.69 Å². The number of carbonyl (C=O) groups excluding carboxylic acids is 1. The molecule has 1 aromatic heterocycles. The zero-order valence-corrected chi connectivity index (χ0v) is 7.96. The molecule has 1 aromatic rings. The van der Waals surface area contributed by atoms with Crippen LogP contribution < -0.4 is 10.9 Å². The molecule has 0 bridgehead atoms. The summed E-state index contributed by atoms with van der Waals surface area (Å²) in [5, 5.41) is 2.38. The Morgan fingerprint density at radius 3 is 3.00 bits per heavy atom. The molecule has 0 spiro atoms. The molecule has 1 rings (SSSR count). The molecule has 1 amide bonds. The number of ether oxygens (including phenoxy) is 1. The van der Waals surface area contributed by atoms with Crippen molar-refractivity contribution in [3.63, 3.8) is 0 Å². The zero-order chi connectivity index (χ0) is 10.6. The maximum absolute atomic E-state index is 11.1. The van der Waals surface area contributed by atoms with Gasteiger partial charge in [-0.1, -0.05) is 0 Å². The highest BCUT2D eigenvalue weighted by Crippen LogP contribution is 1.98. The van der Waals surface area contributed by atoms with Crippen molar-refractivity contribution in [2.45, 2.75) is 13.5 Å². The lowest BCUT2D eigenvalue weighted by Crippen LogP contribution is -2.16. The molecule has 0 aliphatic rings. The number of nitrogens with zero attached hydrogens (tertiary/aromatic N) is 1. The van der Waals surface area contributed by atoms with Crippen molar-refractivity contribution in [1.82, 2.24) is 9.97 Å². The first kappa shape index (κ1) is 10.4. The van der Waals surface area contributed by atoms with Gasteiger partial charge in [-0.25, -0.2) is 4.98 Å². The van der Waals surface area contributed by atoms with E-state index in [1.807, 2.05) is 0 Å².